The van der Waals surface area contributed by atoms with Gasteiger partial charge in [0, 0.05) is 24.8 Å². The fourth-order valence-electron chi connectivity index (χ4n) is 3.60. The molecule has 2 aromatic carbocycles. The number of amides is 1. The van der Waals surface area contributed by atoms with Gasteiger partial charge in [-0.1, -0.05) is 25.1 Å². The van der Waals surface area contributed by atoms with E-state index in [1.165, 1.54) is 18.5 Å². The van der Waals surface area contributed by atoms with Gasteiger partial charge in [0.1, 0.15) is 11.5 Å². The number of nitrogens with zero attached hydrogens (tertiary/aromatic N) is 1. The molecule has 1 saturated heterocycles. The zero-order valence-corrected chi connectivity index (χ0v) is 17.0. The Balaban J connectivity index is 1.50. The average molecular weight is 383 g/mol. The number of carbonyl (C=O) groups is 1. The zero-order chi connectivity index (χ0) is 19.9. The third-order valence-corrected chi connectivity index (χ3v) is 5.20. The number of nitrogens with one attached hydrogen (secondary N) is 1. The van der Waals surface area contributed by atoms with Crippen LogP contribution in [-0.2, 0) is 4.79 Å². The van der Waals surface area contributed by atoms with Crippen molar-refractivity contribution in [3.05, 3.63) is 54.1 Å². The maximum absolute atomic E-state index is 12.2. The van der Waals surface area contributed by atoms with E-state index in [1.54, 1.807) is 19.2 Å². The van der Waals surface area contributed by atoms with Crippen molar-refractivity contribution < 1.29 is 14.3 Å². The van der Waals surface area contributed by atoms with Gasteiger partial charge < -0.3 is 19.7 Å². The van der Waals surface area contributed by atoms with E-state index in [4.69, 9.17) is 9.47 Å². The molecule has 0 aliphatic carbocycles. The monoisotopic (exact) mass is 382 g/mol. The van der Waals surface area contributed by atoms with Crippen molar-refractivity contribution in [1.29, 1.82) is 0 Å². The third-order valence-electron chi connectivity index (χ3n) is 5.20. The number of ether oxygens (including phenoxy) is 2. The van der Waals surface area contributed by atoms with Gasteiger partial charge in [0.15, 0.2) is 6.61 Å². The van der Waals surface area contributed by atoms with E-state index in [0.717, 1.165) is 24.6 Å². The number of hydrogen-bond donors (Lipinski definition) is 1. The van der Waals surface area contributed by atoms with Crippen LogP contribution in [0.5, 0.6) is 11.5 Å². The standard InChI is InChI=1S/C23H30N2O3/c1-17-6-5-13-25(15-17)20-11-9-19(10-12-20)18(2)24-23(26)16-28-22-8-4-7-21(14-22)27-3/h4,7-12,14,17-18H,5-6,13,15-16H2,1-3H3,(H,24,26)/t17-,18+/m1/s1. The Labute approximate surface area is 167 Å². The van der Waals surface area contributed by atoms with Crippen LogP contribution in [0.15, 0.2) is 48.5 Å². The fraction of sp³-hybridized carbons (Fsp3) is 0.435. The van der Waals surface area contributed by atoms with Crippen LogP contribution in [0, 0.1) is 5.92 Å². The summed E-state index contributed by atoms with van der Waals surface area (Å²) >= 11 is 0. The van der Waals surface area contributed by atoms with E-state index in [0.29, 0.717) is 11.5 Å². The molecule has 0 bridgehead atoms. The van der Waals surface area contributed by atoms with Crippen LogP contribution in [0.2, 0.25) is 0 Å². The van der Waals surface area contributed by atoms with Gasteiger partial charge in [-0.2, -0.15) is 0 Å². The van der Waals surface area contributed by atoms with Gasteiger partial charge in [0.25, 0.3) is 5.91 Å². The maximum atomic E-state index is 12.2. The molecule has 0 radical (unpaired) electrons. The van der Waals surface area contributed by atoms with E-state index < -0.39 is 0 Å². The van der Waals surface area contributed by atoms with E-state index in [-0.39, 0.29) is 18.6 Å². The molecule has 0 aromatic heterocycles. The van der Waals surface area contributed by atoms with E-state index >= 15 is 0 Å². The number of hydrogen-bond acceptors (Lipinski definition) is 4. The lowest BCUT2D eigenvalue weighted by molar-refractivity contribution is -0.123. The number of piperidine rings is 1. The van der Waals surface area contributed by atoms with Crippen molar-refractivity contribution in [1.82, 2.24) is 5.32 Å². The number of methoxy groups -OCH3 is 1. The SMILES string of the molecule is COc1cccc(OCC(=O)N[C@@H](C)c2ccc(N3CCC[C@@H](C)C3)cc2)c1. The van der Waals surface area contributed by atoms with Crippen molar-refractivity contribution in [2.45, 2.75) is 32.7 Å². The first-order chi connectivity index (χ1) is 13.5. The fourth-order valence-corrected chi connectivity index (χ4v) is 3.60. The Morgan fingerprint density at radius 1 is 1.21 bits per heavy atom. The van der Waals surface area contributed by atoms with Crippen LogP contribution in [0.4, 0.5) is 5.69 Å². The van der Waals surface area contributed by atoms with E-state index in [1.807, 2.05) is 19.1 Å². The topological polar surface area (TPSA) is 50.8 Å². The molecule has 0 unspecified atom stereocenters. The molecular weight excluding hydrogens is 352 g/mol. The van der Waals surface area contributed by atoms with Crippen LogP contribution in [0.25, 0.3) is 0 Å². The molecule has 5 heteroatoms. The van der Waals surface area contributed by atoms with Gasteiger partial charge in [-0.3, -0.25) is 4.79 Å². The summed E-state index contributed by atoms with van der Waals surface area (Å²) in [5, 5.41) is 2.99. The molecule has 1 heterocycles. The summed E-state index contributed by atoms with van der Waals surface area (Å²) in [7, 11) is 1.60. The minimum Gasteiger partial charge on any atom is -0.497 e. The first kappa shape index (κ1) is 20.1. The minimum atomic E-state index is -0.149. The second-order valence-corrected chi connectivity index (χ2v) is 7.54. The highest BCUT2D eigenvalue weighted by atomic mass is 16.5. The van der Waals surface area contributed by atoms with Crippen molar-refractivity contribution in [2.75, 3.05) is 31.7 Å². The summed E-state index contributed by atoms with van der Waals surface area (Å²) in [5.74, 6) is 1.91. The number of carbonyl (C=O) groups excluding carboxylic acids is 1. The van der Waals surface area contributed by atoms with Gasteiger partial charge in [0.05, 0.1) is 13.2 Å². The van der Waals surface area contributed by atoms with Gasteiger partial charge >= 0.3 is 0 Å². The summed E-state index contributed by atoms with van der Waals surface area (Å²) in [4.78, 5) is 14.7. The Hall–Kier alpha value is -2.69. The lowest BCUT2D eigenvalue weighted by atomic mass is 9.99. The van der Waals surface area contributed by atoms with Crippen LogP contribution in [0.3, 0.4) is 0 Å². The molecule has 5 nitrogen and oxygen atoms in total. The Morgan fingerprint density at radius 3 is 2.68 bits per heavy atom. The third kappa shape index (κ3) is 5.41. The second-order valence-electron chi connectivity index (χ2n) is 7.54. The van der Waals surface area contributed by atoms with Crippen molar-refractivity contribution in [2.24, 2.45) is 5.92 Å². The molecular formula is C23H30N2O3. The maximum Gasteiger partial charge on any atom is 0.258 e. The number of anilines is 1. The number of rotatable bonds is 7. The van der Waals surface area contributed by atoms with Crippen LogP contribution < -0.4 is 19.7 Å². The molecule has 1 N–H and O–H groups in total. The van der Waals surface area contributed by atoms with Crippen LogP contribution in [-0.4, -0.2) is 32.7 Å². The lowest BCUT2D eigenvalue weighted by Gasteiger charge is -2.33. The molecule has 28 heavy (non-hydrogen) atoms. The molecule has 3 rings (SSSR count). The van der Waals surface area contributed by atoms with E-state index in [2.05, 4.69) is 41.4 Å². The summed E-state index contributed by atoms with van der Waals surface area (Å²) in [6.07, 6.45) is 2.57. The molecule has 1 amide bonds. The molecule has 1 aliphatic rings. The molecule has 150 valence electrons. The lowest BCUT2D eigenvalue weighted by Crippen LogP contribution is -2.34. The summed E-state index contributed by atoms with van der Waals surface area (Å²) in [5.41, 5.74) is 2.35. The predicted molar refractivity (Wildman–Crippen MR) is 112 cm³/mol. The largest absolute Gasteiger partial charge is 0.497 e. The first-order valence-corrected chi connectivity index (χ1v) is 9.96. The van der Waals surface area contributed by atoms with Crippen molar-refractivity contribution >= 4 is 11.6 Å². The number of benzene rings is 2. The van der Waals surface area contributed by atoms with Crippen molar-refractivity contribution in [3.63, 3.8) is 0 Å². The van der Waals surface area contributed by atoms with Gasteiger partial charge in [0.2, 0.25) is 0 Å². The predicted octanol–water partition coefficient (Wildman–Crippen LogP) is 4.19. The van der Waals surface area contributed by atoms with Crippen molar-refractivity contribution in [3.8, 4) is 11.5 Å². The molecule has 2 atom stereocenters. The van der Waals surface area contributed by atoms with E-state index in [9.17, 15) is 4.79 Å². The average Bonchev–Trinajstić information content (AvgIpc) is 2.72. The van der Waals surface area contributed by atoms with Crippen LogP contribution >= 0.6 is 0 Å². The highest BCUT2D eigenvalue weighted by Gasteiger charge is 2.17. The Kier molecular flexibility index (Phi) is 6.80. The summed E-state index contributed by atoms with van der Waals surface area (Å²) in [6.45, 7) is 6.51. The Morgan fingerprint density at radius 2 is 1.96 bits per heavy atom. The summed E-state index contributed by atoms with van der Waals surface area (Å²) in [6, 6.07) is 15.7. The molecule has 2 aromatic rings. The quantitative estimate of drug-likeness (QED) is 0.780. The van der Waals surface area contributed by atoms with Gasteiger partial charge in [-0.25, -0.2) is 0 Å². The summed E-state index contributed by atoms with van der Waals surface area (Å²) < 4.78 is 10.7. The first-order valence-electron chi connectivity index (χ1n) is 9.96. The Bertz CT molecular complexity index is 776. The molecule has 0 saturated carbocycles. The highest BCUT2D eigenvalue weighted by molar-refractivity contribution is 5.78. The highest BCUT2D eigenvalue weighted by Crippen LogP contribution is 2.24. The second kappa shape index (κ2) is 9.49. The molecule has 1 aliphatic heterocycles. The smallest absolute Gasteiger partial charge is 0.258 e. The van der Waals surface area contributed by atoms with Crippen LogP contribution in [0.1, 0.15) is 38.3 Å². The normalized spacial score (nSPS) is 17.7. The minimum absolute atomic E-state index is 0.0265. The van der Waals surface area contributed by atoms with Gasteiger partial charge in [-0.05, 0) is 55.5 Å². The molecule has 0 spiro atoms. The zero-order valence-electron chi connectivity index (χ0n) is 17.0. The molecule has 1 fully saturated rings. The van der Waals surface area contributed by atoms with Gasteiger partial charge in [-0.15, -0.1) is 0 Å².